The summed E-state index contributed by atoms with van der Waals surface area (Å²) in [5.74, 6) is -0.277. The van der Waals surface area contributed by atoms with Gasteiger partial charge in [0.05, 0.1) is 34.9 Å². The van der Waals surface area contributed by atoms with Crippen molar-refractivity contribution in [1.29, 1.82) is 5.26 Å². The van der Waals surface area contributed by atoms with Gasteiger partial charge in [-0.3, -0.25) is 9.69 Å². The standard InChI is InChI=1S/C27H20BrN3O5S/c1-31-25(32)24(37-27(31)30-20-9-7-16(8-10-20)26(33)34)12-19-11-22(35-2)23(13-21(19)28)36-15-18-6-4-3-5-17(18)14-29/h3-13H,15H2,1-2H3,(H,33,34). The average molecular weight is 578 g/mol. The van der Waals surface area contributed by atoms with Gasteiger partial charge in [0.1, 0.15) is 6.61 Å². The second kappa shape index (κ2) is 11.3. The minimum absolute atomic E-state index is 0.161. The number of aliphatic imine (C=N–C) groups is 1. The van der Waals surface area contributed by atoms with E-state index in [9.17, 15) is 14.9 Å². The summed E-state index contributed by atoms with van der Waals surface area (Å²) in [6, 6.07) is 19.0. The van der Waals surface area contributed by atoms with Crippen LogP contribution in [0.5, 0.6) is 11.5 Å². The number of benzene rings is 3. The minimum Gasteiger partial charge on any atom is -0.493 e. The number of hydrogen-bond donors (Lipinski definition) is 1. The molecule has 4 rings (SSSR count). The Morgan fingerprint density at radius 2 is 1.92 bits per heavy atom. The third-order valence-electron chi connectivity index (χ3n) is 5.43. The zero-order chi connectivity index (χ0) is 26.5. The predicted molar refractivity (Wildman–Crippen MR) is 145 cm³/mol. The number of carbonyl (C=O) groups is 2. The first-order valence-corrected chi connectivity index (χ1v) is 12.5. The second-order valence-corrected chi connectivity index (χ2v) is 9.67. The Bertz CT molecular complexity index is 1480. The van der Waals surface area contributed by atoms with E-state index >= 15 is 0 Å². The molecular weight excluding hydrogens is 558 g/mol. The highest BCUT2D eigenvalue weighted by molar-refractivity contribution is 9.10. The lowest BCUT2D eigenvalue weighted by atomic mass is 10.1. The monoisotopic (exact) mass is 577 g/mol. The van der Waals surface area contributed by atoms with E-state index in [0.717, 1.165) is 5.56 Å². The molecule has 0 atom stereocenters. The third-order valence-corrected chi connectivity index (χ3v) is 7.18. The molecule has 0 unspecified atom stereocenters. The number of ether oxygens (including phenoxy) is 2. The molecule has 186 valence electrons. The average Bonchev–Trinajstić information content (AvgIpc) is 3.16. The molecule has 0 spiro atoms. The Hall–Kier alpha value is -4.07. The SMILES string of the molecule is COc1cc(C=C2SC(=Nc3ccc(C(=O)O)cc3)N(C)C2=O)c(Br)cc1OCc1ccccc1C#N. The van der Waals surface area contributed by atoms with Gasteiger partial charge in [0.2, 0.25) is 0 Å². The Labute approximate surface area is 226 Å². The molecule has 0 aromatic heterocycles. The van der Waals surface area contributed by atoms with Gasteiger partial charge in [-0.2, -0.15) is 5.26 Å². The largest absolute Gasteiger partial charge is 0.493 e. The number of aromatic carboxylic acids is 1. The van der Waals surface area contributed by atoms with Crippen molar-refractivity contribution in [3.63, 3.8) is 0 Å². The molecule has 1 heterocycles. The van der Waals surface area contributed by atoms with Crippen LogP contribution in [0.3, 0.4) is 0 Å². The van der Waals surface area contributed by atoms with Crippen molar-refractivity contribution in [2.45, 2.75) is 6.61 Å². The van der Waals surface area contributed by atoms with E-state index in [1.54, 1.807) is 49.5 Å². The lowest BCUT2D eigenvalue weighted by molar-refractivity contribution is -0.121. The Kier molecular flexibility index (Phi) is 7.96. The normalized spacial score (nSPS) is 15.2. The molecule has 3 aromatic carbocycles. The van der Waals surface area contributed by atoms with Crippen LogP contribution in [0.4, 0.5) is 5.69 Å². The zero-order valence-electron chi connectivity index (χ0n) is 19.8. The number of carboxylic acids is 1. The van der Waals surface area contributed by atoms with Gasteiger partial charge in [-0.05, 0) is 65.9 Å². The summed E-state index contributed by atoms with van der Waals surface area (Å²) in [6.07, 6.45) is 1.74. The fourth-order valence-corrected chi connectivity index (χ4v) is 4.84. The number of rotatable bonds is 7. The number of amides is 1. The number of carbonyl (C=O) groups excluding carboxylic acids is 1. The number of methoxy groups -OCH3 is 1. The maximum Gasteiger partial charge on any atom is 0.335 e. The summed E-state index contributed by atoms with van der Waals surface area (Å²) < 4.78 is 12.2. The van der Waals surface area contributed by atoms with E-state index in [0.29, 0.717) is 42.9 Å². The maximum atomic E-state index is 12.9. The van der Waals surface area contributed by atoms with E-state index in [4.69, 9.17) is 14.6 Å². The highest BCUT2D eigenvalue weighted by atomic mass is 79.9. The van der Waals surface area contributed by atoms with Crippen molar-refractivity contribution in [2.24, 2.45) is 4.99 Å². The van der Waals surface area contributed by atoms with E-state index in [1.807, 2.05) is 12.1 Å². The van der Waals surface area contributed by atoms with E-state index in [-0.39, 0.29) is 18.1 Å². The second-order valence-electron chi connectivity index (χ2n) is 7.80. The van der Waals surface area contributed by atoms with Crippen LogP contribution in [0.1, 0.15) is 27.0 Å². The molecular formula is C27H20BrN3O5S. The number of hydrogen-bond acceptors (Lipinski definition) is 7. The Morgan fingerprint density at radius 1 is 1.19 bits per heavy atom. The first kappa shape index (κ1) is 26.0. The Morgan fingerprint density at radius 3 is 2.59 bits per heavy atom. The van der Waals surface area contributed by atoms with Crippen molar-refractivity contribution in [2.75, 3.05) is 14.2 Å². The smallest absolute Gasteiger partial charge is 0.335 e. The summed E-state index contributed by atoms with van der Waals surface area (Å²) in [6.45, 7) is 0.194. The Balaban J connectivity index is 1.57. The topological polar surface area (TPSA) is 112 Å². The molecule has 8 nitrogen and oxygen atoms in total. The van der Waals surface area contributed by atoms with Crippen LogP contribution in [-0.4, -0.2) is 41.2 Å². The van der Waals surface area contributed by atoms with Crippen LogP contribution in [-0.2, 0) is 11.4 Å². The molecule has 0 saturated carbocycles. The number of amidine groups is 1. The first-order chi connectivity index (χ1) is 17.8. The highest BCUT2D eigenvalue weighted by Crippen LogP contribution is 2.38. The fourth-order valence-electron chi connectivity index (χ4n) is 3.43. The molecule has 1 saturated heterocycles. The van der Waals surface area contributed by atoms with Crippen LogP contribution in [0, 0.1) is 11.3 Å². The van der Waals surface area contributed by atoms with E-state index in [2.05, 4.69) is 27.0 Å². The summed E-state index contributed by atoms with van der Waals surface area (Å²) >= 11 is 4.76. The van der Waals surface area contributed by atoms with E-state index < -0.39 is 5.97 Å². The van der Waals surface area contributed by atoms with Crippen molar-refractivity contribution in [1.82, 2.24) is 4.90 Å². The van der Waals surface area contributed by atoms with Crippen LogP contribution in [0.2, 0.25) is 0 Å². The van der Waals surface area contributed by atoms with Gasteiger partial charge in [0, 0.05) is 17.1 Å². The van der Waals surface area contributed by atoms with Gasteiger partial charge < -0.3 is 14.6 Å². The molecule has 1 amide bonds. The van der Waals surface area contributed by atoms with Gasteiger partial charge in [-0.1, -0.05) is 34.1 Å². The molecule has 1 aliphatic heterocycles. The zero-order valence-corrected chi connectivity index (χ0v) is 22.2. The van der Waals surface area contributed by atoms with Crippen LogP contribution in [0.25, 0.3) is 6.08 Å². The summed E-state index contributed by atoms with van der Waals surface area (Å²) in [5.41, 5.74) is 2.70. The quantitative estimate of drug-likeness (QED) is 0.351. The number of carboxylic acid groups (broad SMARTS) is 1. The van der Waals surface area contributed by atoms with Gasteiger partial charge in [-0.25, -0.2) is 9.79 Å². The molecule has 0 aliphatic carbocycles. The van der Waals surface area contributed by atoms with Crippen molar-refractivity contribution < 1.29 is 24.2 Å². The van der Waals surface area contributed by atoms with Gasteiger partial charge in [-0.15, -0.1) is 0 Å². The molecule has 10 heteroatoms. The lowest BCUT2D eigenvalue weighted by Gasteiger charge is -2.13. The molecule has 0 bridgehead atoms. The number of nitrogens with zero attached hydrogens (tertiary/aromatic N) is 3. The number of likely N-dealkylation sites (N-methyl/N-ethyl adjacent to an activating group) is 1. The highest BCUT2D eigenvalue weighted by Gasteiger charge is 2.30. The van der Waals surface area contributed by atoms with Crippen LogP contribution < -0.4 is 9.47 Å². The first-order valence-electron chi connectivity index (χ1n) is 10.9. The molecule has 37 heavy (non-hydrogen) atoms. The number of thioether (sulfide) groups is 1. The fraction of sp³-hybridized carbons (Fsp3) is 0.111. The molecule has 1 aliphatic rings. The van der Waals surface area contributed by atoms with Crippen molar-refractivity contribution >= 4 is 56.5 Å². The number of halogens is 1. The van der Waals surface area contributed by atoms with Gasteiger partial charge >= 0.3 is 5.97 Å². The van der Waals surface area contributed by atoms with Crippen LogP contribution in [0.15, 0.2) is 75.0 Å². The van der Waals surface area contributed by atoms with Crippen molar-refractivity contribution in [3.05, 3.63) is 92.3 Å². The molecule has 1 fully saturated rings. The summed E-state index contributed by atoms with van der Waals surface area (Å²) in [4.78, 5) is 30.3. The summed E-state index contributed by atoms with van der Waals surface area (Å²) in [7, 11) is 3.16. The molecule has 0 radical (unpaired) electrons. The van der Waals surface area contributed by atoms with E-state index in [1.165, 1.54) is 35.9 Å². The van der Waals surface area contributed by atoms with Gasteiger partial charge in [0.25, 0.3) is 5.91 Å². The summed E-state index contributed by atoms with van der Waals surface area (Å²) in [5, 5.41) is 18.8. The minimum atomic E-state index is -1.02. The van der Waals surface area contributed by atoms with Crippen LogP contribution >= 0.6 is 27.7 Å². The lowest BCUT2D eigenvalue weighted by Crippen LogP contribution is -2.23. The van der Waals surface area contributed by atoms with Gasteiger partial charge in [0.15, 0.2) is 16.7 Å². The number of nitriles is 1. The molecule has 3 aromatic rings. The van der Waals surface area contributed by atoms with Crippen molar-refractivity contribution in [3.8, 4) is 17.6 Å². The maximum absolute atomic E-state index is 12.9. The molecule has 1 N–H and O–H groups in total. The predicted octanol–water partition coefficient (Wildman–Crippen LogP) is 5.84. The third kappa shape index (κ3) is 5.85.